The number of hydrogen-bond acceptors (Lipinski definition) is 3. The maximum Gasteiger partial charge on any atom is 0.161 e. The van der Waals surface area contributed by atoms with Gasteiger partial charge in [0.1, 0.15) is 11.6 Å². The molecule has 2 aromatic rings. The van der Waals surface area contributed by atoms with E-state index in [0.29, 0.717) is 16.1 Å². The number of nitrogens with two attached hydrogens (primary N) is 1. The Morgan fingerprint density at radius 3 is 2.53 bits per heavy atom. The van der Waals surface area contributed by atoms with E-state index in [1.165, 1.54) is 6.92 Å². The lowest BCUT2D eigenvalue weighted by Gasteiger charge is -2.07. The molecule has 2 N–H and O–H groups in total. The van der Waals surface area contributed by atoms with Crippen LogP contribution in [0.5, 0.6) is 0 Å². The molecule has 2 rings (SSSR count). The fourth-order valence-corrected chi connectivity index (χ4v) is 2.52. The van der Waals surface area contributed by atoms with Gasteiger partial charge in [-0.2, -0.15) is 0 Å². The van der Waals surface area contributed by atoms with Crippen molar-refractivity contribution in [2.75, 3.05) is 5.73 Å². The van der Waals surface area contributed by atoms with Gasteiger partial charge in [-0.25, -0.2) is 8.78 Å². The Morgan fingerprint density at radius 1 is 1.16 bits per heavy atom. The SMILES string of the molecule is CC(=O)c1ccc(Sc2cc(F)ccc2F)cc1N. The third-order valence-corrected chi connectivity index (χ3v) is 3.55. The van der Waals surface area contributed by atoms with Crippen molar-refractivity contribution in [1.82, 2.24) is 0 Å². The lowest BCUT2D eigenvalue weighted by Crippen LogP contribution is -1.99. The largest absolute Gasteiger partial charge is 0.398 e. The number of carbonyl (C=O) groups excluding carboxylic acids is 1. The molecule has 0 saturated carbocycles. The minimum absolute atomic E-state index is 0.133. The molecule has 0 aromatic heterocycles. The normalized spacial score (nSPS) is 10.5. The second-order valence-corrected chi connectivity index (χ2v) is 5.10. The molecule has 0 aliphatic rings. The lowest BCUT2D eigenvalue weighted by molar-refractivity contribution is 0.101. The zero-order valence-electron chi connectivity index (χ0n) is 10.1. The van der Waals surface area contributed by atoms with Gasteiger partial charge in [0.25, 0.3) is 0 Å². The van der Waals surface area contributed by atoms with Gasteiger partial charge in [0.15, 0.2) is 5.78 Å². The van der Waals surface area contributed by atoms with Crippen LogP contribution in [0, 0.1) is 11.6 Å². The van der Waals surface area contributed by atoms with E-state index < -0.39 is 11.6 Å². The van der Waals surface area contributed by atoms with E-state index in [0.717, 1.165) is 30.0 Å². The molecule has 0 bridgehead atoms. The molecule has 0 radical (unpaired) electrons. The minimum Gasteiger partial charge on any atom is -0.398 e. The summed E-state index contributed by atoms with van der Waals surface area (Å²) in [6.07, 6.45) is 0. The van der Waals surface area contributed by atoms with Crippen molar-refractivity contribution in [1.29, 1.82) is 0 Å². The highest BCUT2D eigenvalue weighted by Crippen LogP contribution is 2.32. The second-order valence-electron chi connectivity index (χ2n) is 3.98. The summed E-state index contributed by atoms with van der Waals surface area (Å²) in [5, 5.41) is 0. The Bertz CT molecular complexity index is 643. The Hall–Kier alpha value is -1.88. The summed E-state index contributed by atoms with van der Waals surface area (Å²) in [5.74, 6) is -1.14. The van der Waals surface area contributed by atoms with E-state index in [4.69, 9.17) is 5.73 Å². The topological polar surface area (TPSA) is 43.1 Å². The van der Waals surface area contributed by atoms with Crippen LogP contribution in [0.15, 0.2) is 46.2 Å². The Kier molecular flexibility index (Phi) is 3.85. The van der Waals surface area contributed by atoms with Crippen molar-refractivity contribution >= 4 is 23.2 Å². The van der Waals surface area contributed by atoms with Gasteiger partial charge in [0, 0.05) is 16.1 Å². The van der Waals surface area contributed by atoms with Gasteiger partial charge in [0.05, 0.1) is 4.90 Å². The van der Waals surface area contributed by atoms with Gasteiger partial charge in [-0.05, 0) is 43.3 Å². The van der Waals surface area contributed by atoms with Crippen molar-refractivity contribution in [3.8, 4) is 0 Å². The molecule has 0 saturated heterocycles. The molecule has 0 atom stereocenters. The molecule has 19 heavy (non-hydrogen) atoms. The maximum absolute atomic E-state index is 13.5. The molecule has 0 aliphatic carbocycles. The standard InChI is InChI=1S/C14H11F2NOS/c1-8(18)11-4-3-10(7-13(11)17)19-14-6-9(15)2-5-12(14)16/h2-7H,17H2,1H3. The highest BCUT2D eigenvalue weighted by Gasteiger charge is 2.09. The molecule has 0 unspecified atom stereocenters. The summed E-state index contributed by atoms with van der Waals surface area (Å²) in [6.45, 7) is 1.42. The summed E-state index contributed by atoms with van der Waals surface area (Å²) >= 11 is 1.06. The number of anilines is 1. The van der Waals surface area contributed by atoms with E-state index in [9.17, 15) is 13.6 Å². The molecule has 2 nitrogen and oxygen atoms in total. The van der Waals surface area contributed by atoms with Crippen LogP contribution < -0.4 is 5.73 Å². The van der Waals surface area contributed by atoms with E-state index in [2.05, 4.69) is 0 Å². The summed E-state index contributed by atoms with van der Waals surface area (Å²) in [4.78, 5) is 12.1. The predicted octanol–water partition coefficient (Wildman–Crippen LogP) is 3.90. The first kappa shape index (κ1) is 13.5. The fourth-order valence-electron chi connectivity index (χ4n) is 1.61. The van der Waals surface area contributed by atoms with E-state index in [1.807, 2.05) is 0 Å². The molecule has 0 aliphatic heterocycles. The number of rotatable bonds is 3. The van der Waals surface area contributed by atoms with Crippen molar-refractivity contribution in [3.63, 3.8) is 0 Å². The van der Waals surface area contributed by atoms with Crippen molar-refractivity contribution in [2.24, 2.45) is 0 Å². The first-order valence-electron chi connectivity index (χ1n) is 5.51. The van der Waals surface area contributed by atoms with Crippen molar-refractivity contribution in [3.05, 3.63) is 53.6 Å². The van der Waals surface area contributed by atoms with Gasteiger partial charge in [-0.3, -0.25) is 4.79 Å². The molecule has 98 valence electrons. The Morgan fingerprint density at radius 2 is 1.89 bits per heavy atom. The van der Waals surface area contributed by atoms with Crippen LogP contribution in [0.2, 0.25) is 0 Å². The first-order chi connectivity index (χ1) is 8.97. The van der Waals surface area contributed by atoms with Gasteiger partial charge in [-0.15, -0.1) is 0 Å². The fraction of sp³-hybridized carbons (Fsp3) is 0.0714. The predicted molar refractivity (Wildman–Crippen MR) is 71.3 cm³/mol. The molecule has 0 spiro atoms. The van der Waals surface area contributed by atoms with Crippen LogP contribution in [0.1, 0.15) is 17.3 Å². The monoisotopic (exact) mass is 279 g/mol. The van der Waals surface area contributed by atoms with Crippen LogP contribution in [0.3, 0.4) is 0 Å². The summed E-state index contributed by atoms with van der Waals surface area (Å²) in [5.41, 5.74) is 6.49. The number of ketones is 1. The minimum atomic E-state index is -0.503. The maximum atomic E-state index is 13.5. The number of nitrogen functional groups attached to an aromatic ring is 1. The summed E-state index contributed by atoms with van der Waals surface area (Å²) in [6, 6.07) is 8.07. The number of hydrogen-bond donors (Lipinski definition) is 1. The molecule has 0 fully saturated rings. The Balaban J connectivity index is 2.31. The van der Waals surface area contributed by atoms with Crippen molar-refractivity contribution in [2.45, 2.75) is 16.7 Å². The number of carbonyl (C=O) groups is 1. The van der Waals surface area contributed by atoms with E-state index >= 15 is 0 Å². The average molecular weight is 279 g/mol. The zero-order valence-corrected chi connectivity index (χ0v) is 10.9. The molecule has 0 heterocycles. The van der Waals surface area contributed by atoms with Crippen LogP contribution in [0.25, 0.3) is 0 Å². The van der Waals surface area contributed by atoms with Crippen molar-refractivity contribution < 1.29 is 13.6 Å². The summed E-state index contributed by atoms with van der Waals surface area (Å²) < 4.78 is 26.5. The first-order valence-corrected chi connectivity index (χ1v) is 6.32. The molecule has 5 heteroatoms. The smallest absolute Gasteiger partial charge is 0.161 e. The van der Waals surface area contributed by atoms with E-state index in [1.54, 1.807) is 18.2 Å². The number of Topliss-reactive ketones (excluding diaryl/α,β-unsaturated/α-hetero) is 1. The van der Waals surface area contributed by atoms with Crippen LogP contribution >= 0.6 is 11.8 Å². The highest BCUT2D eigenvalue weighted by atomic mass is 32.2. The quantitative estimate of drug-likeness (QED) is 0.684. The molecule has 0 amide bonds. The molecular formula is C14H11F2NOS. The highest BCUT2D eigenvalue weighted by molar-refractivity contribution is 7.99. The third-order valence-electron chi connectivity index (χ3n) is 2.52. The molecular weight excluding hydrogens is 268 g/mol. The zero-order chi connectivity index (χ0) is 14.0. The molecule has 2 aromatic carbocycles. The van der Waals surface area contributed by atoms with Crippen LogP contribution in [-0.4, -0.2) is 5.78 Å². The number of halogens is 2. The third kappa shape index (κ3) is 3.12. The number of benzene rings is 2. The lowest BCUT2D eigenvalue weighted by atomic mass is 10.1. The second kappa shape index (κ2) is 5.40. The van der Waals surface area contributed by atoms with Crippen LogP contribution in [0.4, 0.5) is 14.5 Å². The Labute approximate surface area is 113 Å². The van der Waals surface area contributed by atoms with Gasteiger partial charge < -0.3 is 5.73 Å². The van der Waals surface area contributed by atoms with Gasteiger partial charge in [0.2, 0.25) is 0 Å². The van der Waals surface area contributed by atoms with Crippen LogP contribution in [-0.2, 0) is 0 Å². The van der Waals surface area contributed by atoms with Gasteiger partial charge in [-0.1, -0.05) is 11.8 Å². The van der Waals surface area contributed by atoms with Gasteiger partial charge >= 0.3 is 0 Å². The van der Waals surface area contributed by atoms with E-state index in [-0.39, 0.29) is 10.7 Å². The average Bonchev–Trinajstić information content (AvgIpc) is 2.33. The summed E-state index contributed by atoms with van der Waals surface area (Å²) in [7, 11) is 0.